The molecule has 0 aliphatic carbocycles. The topological polar surface area (TPSA) is 79.5 Å². The van der Waals surface area contributed by atoms with E-state index in [9.17, 15) is 18.0 Å². The molecule has 2 atom stereocenters. The quantitative estimate of drug-likeness (QED) is 0.862. The van der Waals surface area contributed by atoms with Crippen LogP contribution in [0, 0.1) is 18.8 Å². The molecule has 1 fully saturated rings. The number of aryl methyl sites for hydroxylation is 1. The molecule has 1 N–H and O–H groups in total. The molecule has 26 heavy (non-hydrogen) atoms. The fraction of sp³-hybridized carbons (Fsp3) is 0.438. The highest BCUT2D eigenvalue weighted by Gasteiger charge is 2.52. The molecular formula is C16H17ClF3N3O3. The Morgan fingerprint density at radius 2 is 2.12 bits per heavy atom. The Hall–Kier alpha value is -2.13. The predicted molar refractivity (Wildman–Crippen MR) is 87.7 cm³/mol. The fourth-order valence-electron chi connectivity index (χ4n) is 3.01. The molecule has 1 saturated heterocycles. The molecule has 3 rings (SSSR count). The highest BCUT2D eigenvalue weighted by molar-refractivity contribution is 5.85. The van der Waals surface area contributed by atoms with Crippen molar-refractivity contribution in [3.63, 3.8) is 0 Å². The van der Waals surface area contributed by atoms with Crippen LogP contribution >= 0.6 is 12.4 Å². The maximum absolute atomic E-state index is 13.0. The second-order valence-corrected chi connectivity index (χ2v) is 6.17. The zero-order chi connectivity index (χ0) is 18.2. The van der Waals surface area contributed by atoms with Crippen LogP contribution in [0.2, 0.25) is 0 Å². The van der Waals surface area contributed by atoms with Crippen LogP contribution in [0.4, 0.5) is 13.2 Å². The largest absolute Gasteiger partial charge is 0.481 e. The number of rotatable bonds is 4. The molecule has 142 valence electrons. The molecule has 1 aliphatic heterocycles. The van der Waals surface area contributed by atoms with E-state index in [4.69, 9.17) is 9.63 Å². The summed E-state index contributed by atoms with van der Waals surface area (Å²) in [5, 5.41) is 12.9. The minimum atomic E-state index is -4.56. The summed E-state index contributed by atoms with van der Waals surface area (Å²) < 4.78 is 44.1. The zero-order valence-electron chi connectivity index (χ0n) is 13.7. The lowest BCUT2D eigenvalue weighted by atomic mass is 9.96. The van der Waals surface area contributed by atoms with Crippen molar-refractivity contribution in [3.8, 4) is 11.4 Å². The number of benzene rings is 1. The number of alkyl halides is 3. The van der Waals surface area contributed by atoms with Gasteiger partial charge in [0.2, 0.25) is 11.7 Å². The number of halogens is 4. The number of carbonyl (C=O) groups is 1. The van der Waals surface area contributed by atoms with E-state index in [1.165, 1.54) is 4.90 Å². The highest BCUT2D eigenvalue weighted by atomic mass is 35.5. The van der Waals surface area contributed by atoms with E-state index in [1.54, 1.807) is 6.07 Å². The number of carboxylic acids is 1. The third-order valence-electron chi connectivity index (χ3n) is 4.24. The third-order valence-corrected chi connectivity index (χ3v) is 4.24. The van der Waals surface area contributed by atoms with Crippen molar-refractivity contribution in [1.29, 1.82) is 0 Å². The molecule has 0 saturated carbocycles. The van der Waals surface area contributed by atoms with E-state index < -0.39 is 30.5 Å². The molecule has 0 amide bonds. The Balaban J connectivity index is 0.00000243. The van der Waals surface area contributed by atoms with Gasteiger partial charge in [0, 0.05) is 18.7 Å². The van der Waals surface area contributed by atoms with Crippen molar-refractivity contribution in [2.75, 3.05) is 13.1 Å². The van der Waals surface area contributed by atoms with Crippen molar-refractivity contribution >= 4 is 18.4 Å². The molecule has 6 nitrogen and oxygen atoms in total. The van der Waals surface area contributed by atoms with Crippen molar-refractivity contribution in [2.45, 2.75) is 19.6 Å². The molecular weight excluding hydrogens is 375 g/mol. The van der Waals surface area contributed by atoms with Crippen LogP contribution in [0.3, 0.4) is 0 Å². The Kier molecular flexibility index (Phi) is 5.92. The summed E-state index contributed by atoms with van der Waals surface area (Å²) in [4.78, 5) is 16.7. The van der Waals surface area contributed by atoms with E-state index in [0.29, 0.717) is 5.82 Å². The van der Waals surface area contributed by atoms with Gasteiger partial charge in [-0.15, -0.1) is 12.4 Å². The van der Waals surface area contributed by atoms with Crippen LogP contribution in [0.5, 0.6) is 0 Å². The lowest BCUT2D eigenvalue weighted by Crippen LogP contribution is -2.33. The molecule has 1 aromatic carbocycles. The Morgan fingerprint density at radius 1 is 1.38 bits per heavy atom. The number of hydrogen-bond donors (Lipinski definition) is 1. The van der Waals surface area contributed by atoms with E-state index >= 15 is 0 Å². The van der Waals surface area contributed by atoms with Gasteiger partial charge in [-0.1, -0.05) is 28.9 Å². The van der Waals surface area contributed by atoms with Crippen molar-refractivity contribution < 1.29 is 27.6 Å². The maximum Gasteiger partial charge on any atom is 0.393 e. The standard InChI is InChI=1S/C16H16F3N3O3.ClH/c1-9-3-2-4-10(5-9)14-20-13(25-21-14)8-22-6-11(15(23)24)12(7-22)16(17,18)19;/h2-5,11-12H,6-8H2,1H3,(H,23,24);1H/t11-,12-;/m1./s1. The first-order valence-electron chi connectivity index (χ1n) is 7.65. The zero-order valence-corrected chi connectivity index (χ0v) is 14.5. The Labute approximate surface area is 153 Å². The number of hydrogen-bond acceptors (Lipinski definition) is 5. The maximum atomic E-state index is 13.0. The van der Waals surface area contributed by atoms with Gasteiger partial charge in [-0.05, 0) is 13.0 Å². The summed E-state index contributed by atoms with van der Waals surface area (Å²) in [5.74, 6) is -4.33. The van der Waals surface area contributed by atoms with Crippen LogP contribution in [0.1, 0.15) is 11.5 Å². The second-order valence-electron chi connectivity index (χ2n) is 6.17. The van der Waals surface area contributed by atoms with Crippen molar-refractivity contribution in [1.82, 2.24) is 15.0 Å². The first-order chi connectivity index (χ1) is 11.7. The van der Waals surface area contributed by atoms with Gasteiger partial charge in [-0.25, -0.2) is 0 Å². The van der Waals surface area contributed by atoms with Crippen LogP contribution in [0.15, 0.2) is 28.8 Å². The van der Waals surface area contributed by atoms with E-state index in [-0.39, 0.29) is 31.4 Å². The molecule has 2 heterocycles. The molecule has 1 aliphatic rings. The van der Waals surface area contributed by atoms with Gasteiger partial charge >= 0.3 is 12.1 Å². The van der Waals surface area contributed by atoms with Gasteiger partial charge in [0.1, 0.15) is 0 Å². The highest BCUT2D eigenvalue weighted by Crippen LogP contribution is 2.38. The average molecular weight is 392 g/mol. The molecule has 1 aromatic heterocycles. The van der Waals surface area contributed by atoms with E-state index in [0.717, 1.165) is 11.1 Å². The Morgan fingerprint density at radius 3 is 2.69 bits per heavy atom. The first-order valence-corrected chi connectivity index (χ1v) is 7.65. The summed E-state index contributed by atoms with van der Waals surface area (Å²) in [7, 11) is 0. The van der Waals surface area contributed by atoms with Crippen LogP contribution in [-0.4, -0.2) is 45.4 Å². The minimum Gasteiger partial charge on any atom is -0.481 e. The van der Waals surface area contributed by atoms with Gasteiger partial charge in [0.05, 0.1) is 18.4 Å². The van der Waals surface area contributed by atoms with E-state index in [1.807, 2.05) is 25.1 Å². The number of nitrogens with zero attached hydrogens (tertiary/aromatic N) is 3. The molecule has 0 bridgehead atoms. The lowest BCUT2D eigenvalue weighted by molar-refractivity contribution is -0.188. The third kappa shape index (κ3) is 4.34. The Bertz CT molecular complexity index is 781. The van der Waals surface area contributed by atoms with Crippen molar-refractivity contribution in [3.05, 3.63) is 35.7 Å². The number of likely N-dealkylation sites (tertiary alicyclic amines) is 1. The first kappa shape index (κ1) is 20.2. The summed E-state index contributed by atoms with van der Waals surface area (Å²) in [6, 6.07) is 7.42. The van der Waals surface area contributed by atoms with Gasteiger partial charge in [0.15, 0.2) is 0 Å². The normalized spacial score (nSPS) is 20.8. The summed E-state index contributed by atoms with van der Waals surface area (Å²) in [6.45, 7) is 1.29. The number of aromatic nitrogens is 2. The lowest BCUT2D eigenvalue weighted by Gasteiger charge is -2.17. The monoisotopic (exact) mass is 391 g/mol. The fourth-order valence-corrected chi connectivity index (χ4v) is 3.01. The minimum absolute atomic E-state index is 0. The molecule has 0 spiro atoms. The number of carboxylic acid groups (broad SMARTS) is 1. The summed E-state index contributed by atoms with van der Waals surface area (Å²) in [6.07, 6.45) is -4.56. The van der Waals surface area contributed by atoms with Gasteiger partial charge in [-0.3, -0.25) is 9.69 Å². The molecule has 0 radical (unpaired) electrons. The van der Waals surface area contributed by atoms with Crippen LogP contribution in [0.25, 0.3) is 11.4 Å². The van der Waals surface area contributed by atoms with E-state index in [2.05, 4.69) is 10.1 Å². The smallest absolute Gasteiger partial charge is 0.393 e. The summed E-state index contributed by atoms with van der Waals surface area (Å²) in [5.41, 5.74) is 1.76. The van der Waals surface area contributed by atoms with Gasteiger partial charge < -0.3 is 9.63 Å². The average Bonchev–Trinajstić information content (AvgIpc) is 3.14. The number of aliphatic carboxylic acids is 1. The van der Waals surface area contributed by atoms with Gasteiger partial charge in [0.25, 0.3) is 0 Å². The predicted octanol–water partition coefficient (Wildman–Crippen LogP) is 3.16. The van der Waals surface area contributed by atoms with Crippen LogP contribution < -0.4 is 0 Å². The van der Waals surface area contributed by atoms with Crippen LogP contribution in [-0.2, 0) is 11.3 Å². The SMILES string of the molecule is Cc1cccc(-c2noc(CN3C[C@@H](C(F)(F)F)[C@H](C(=O)O)C3)n2)c1.Cl. The molecule has 10 heteroatoms. The second kappa shape index (κ2) is 7.63. The molecule has 2 aromatic rings. The molecule has 0 unspecified atom stereocenters. The summed E-state index contributed by atoms with van der Waals surface area (Å²) >= 11 is 0. The van der Waals surface area contributed by atoms with Crippen molar-refractivity contribution in [2.24, 2.45) is 11.8 Å². The van der Waals surface area contributed by atoms with Gasteiger partial charge in [-0.2, -0.15) is 18.2 Å².